The van der Waals surface area contributed by atoms with Crippen LogP contribution in [0.3, 0.4) is 0 Å². The van der Waals surface area contributed by atoms with E-state index in [4.69, 9.17) is 11.6 Å². The first-order chi connectivity index (χ1) is 12.6. The quantitative estimate of drug-likeness (QED) is 0.701. The number of imidazole rings is 1. The second-order valence-corrected chi connectivity index (χ2v) is 6.83. The summed E-state index contributed by atoms with van der Waals surface area (Å²) >= 11 is 6.12. The van der Waals surface area contributed by atoms with Gasteiger partial charge in [-0.15, -0.1) is 12.4 Å². The first-order valence-corrected chi connectivity index (χ1v) is 8.94. The van der Waals surface area contributed by atoms with Gasteiger partial charge in [-0.3, -0.25) is 9.36 Å². The fourth-order valence-corrected chi connectivity index (χ4v) is 3.70. The van der Waals surface area contributed by atoms with E-state index in [9.17, 15) is 9.59 Å². The number of benzene rings is 2. The summed E-state index contributed by atoms with van der Waals surface area (Å²) in [6, 6.07) is 14.9. The Morgan fingerprint density at radius 2 is 2.00 bits per heavy atom. The Hall–Kier alpha value is -2.28. The molecule has 1 saturated heterocycles. The molecule has 1 aromatic heterocycles. The SMILES string of the molecule is Cl.O=C(Cn1c(=O)[nH]c2ccccc21)N1CCNCC1c1cccc(Cl)c1. The highest BCUT2D eigenvalue weighted by Gasteiger charge is 2.28. The Labute approximate surface area is 167 Å². The zero-order valence-corrected chi connectivity index (χ0v) is 16.1. The van der Waals surface area contributed by atoms with Gasteiger partial charge in [0.1, 0.15) is 6.54 Å². The summed E-state index contributed by atoms with van der Waals surface area (Å²) in [5, 5.41) is 3.97. The van der Waals surface area contributed by atoms with Crippen molar-refractivity contribution in [2.75, 3.05) is 19.6 Å². The summed E-state index contributed by atoms with van der Waals surface area (Å²) in [5.41, 5.74) is 2.19. The molecule has 0 radical (unpaired) electrons. The van der Waals surface area contributed by atoms with Crippen LogP contribution in [-0.2, 0) is 11.3 Å². The van der Waals surface area contributed by atoms with Crippen LogP contribution in [0, 0.1) is 0 Å². The summed E-state index contributed by atoms with van der Waals surface area (Å²) in [6.45, 7) is 1.99. The van der Waals surface area contributed by atoms with Gasteiger partial charge in [-0.2, -0.15) is 0 Å². The Morgan fingerprint density at radius 1 is 1.19 bits per heavy atom. The zero-order valence-electron chi connectivity index (χ0n) is 14.5. The van der Waals surface area contributed by atoms with Crippen molar-refractivity contribution in [3.05, 3.63) is 69.6 Å². The van der Waals surface area contributed by atoms with Crippen molar-refractivity contribution >= 4 is 40.9 Å². The van der Waals surface area contributed by atoms with Crippen molar-refractivity contribution in [3.8, 4) is 0 Å². The molecule has 6 nitrogen and oxygen atoms in total. The predicted octanol–water partition coefficient (Wildman–Crippen LogP) is 2.58. The molecule has 1 amide bonds. The van der Waals surface area contributed by atoms with Gasteiger partial charge in [-0.1, -0.05) is 35.9 Å². The average molecular weight is 407 g/mol. The zero-order chi connectivity index (χ0) is 18.1. The lowest BCUT2D eigenvalue weighted by Crippen LogP contribution is -2.50. The van der Waals surface area contributed by atoms with E-state index < -0.39 is 0 Å². The summed E-state index contributed by atoms with van der Waals surface area (Å²) in [6.07, 6.45) is 0. The van der Waals surface area contributed by atoms with E-state index in [0.717, 1.165) is 23.1 Å². The van der Waals surface area contributed by atoms with Crippen molar-refractivity contribution in [1.29, 1.82) is 0 Å². The monoisotopic (exact) mass is 406 g/mol. The van der Waals surface area contributed by atoms with E-state index in [1.165, 1.54) is 4.57 Å². The molecule has 1 aliphatic rings. The summed E-state index contributed by atoms with van der Waals surface area (Å²) in [7, 11) is 0. The number of amides is 1. The molecule has 1 aliphatic heterocycles. The molecule has 0 saturated carbocycles. The Kier molecular flexibility index (Phi) is 5.89. The topological polar surface area (TPSA) is 70.1 Å². The second kappa shape index (κ2) is 8.17. The number of para-hydroxylation sites is 2. The number of rotatable bonds is 3. The molecule has 0 spiro atoms. The van der Waals surface area contributed by atoms with E-state index in [-0.39, 0.29) is 36.6 Å². The summed E-state index contributed by atoms with van der Waals surface area (Å²) in [5.74, 6) is -0.0803. The van der Waals surface area contributed by atoms with Crippen LogP contribution in [0.25, 0.3) is 11.0 Å². The van der Waals surface area contributed by atoms with Gasteiger partial charge in [0.15, 0.2) is 0 Å². The van der Waals surface area contributed by atoms with E-state index >= 15 is 0 Å². The van der Waals surface area contributed by atoms with E-state index in [1.54, 1.807) is 0 Å². The third-order valence-electron chi connectivity index (χ3n) is 4.77. The highest BCUT2D eigenvalue weighted by Crippen LogP contribution is 2.25. The number of nitrogens with one attached hydrogen (secondary N) is 2. The maximum absolute atomic E-state index is 13.0. The van der Waals surface area contributed by atoms with Crippen LogP contribution in [-0.4, -0.2) is 40.0 Å². The molecule has 8 heteroatoms. The number of hydrogen-bond acceptors (Lipinski definition) is 3. The van der Waals surface area contributed by atoms with E-state index in [0.29, 0.717) is 18.1 Å². The van der Waals surface area contributed by atoms with Crippen LogP contribution in [0.4, 0.5) is 0 Å². The molecule has 2 aromatic carbocycles. The number of aromatic nitrogens is 2. The van der Waals surface area contributed by atoms with Crippen LogP contribution in [0.15, 0.2) is 53.3 Å². The van der Waals surface area contributed by atoms with Crippen LogP contribution >= 0.6 is 24.0 Å². The highest BCUT2D eigenvalue weighted by molar-refractivity contribution is 6.30. The van der Waals surface area contributed by atoms with Crippen LogP contribution in [0.5, 0.6) is 0 Å². The molecule has 3 aromatic rings. The molecular formula is C19H20Cl2N4O2. The minimum atomic E-state index is -0.269. The van der Waals surface area contributed by atoms with Gasteiger partial charge in [0.05, 0.1) is 17.1 Å². The van der Waals surface area contributed by atoms with Crippen molar-refractivity contribution in [1.82, 2.24) is 19.8 Å². The Balaban J connectivity index is 0.00000210. The first kappa shape index (κ1) is 19.5. The van der Waals surface area contributed by atoms with Gasteiger partial charge in [0.2, 0.25) is 5.91 Å². The molecule has 0 aliphatic carbocycles. The number of halogens is 2. The van der Waals surface area contributed by atoms with Crippen LogP contribution < -0.4 is 11.0 Å². The Bertz CT molecular complexity index is 1010. The molecule has 142 valence electrons. The number of carbonyl (C=O) groups excluding carboxylic acids is 1. The van der Waals surface area contributed by atoms with E-state index in [1.807, 2.05) is 53.4 Å². The normalized spacial score (nSPS) is 16.9. The van der Waals surface area contributed by atoms with E-state index in [2.05, 4.69) is 10.3 Å². The largest absolute Gasteiger partial charge is 0.332 e. The Morgan fingerprint density at radius 3 is 2.81 bits per heavy atom. The minimum Gasteiger partial charge on any atom is -0.332 e. The minimum absolute atomic E-state index is 0. The summed E-state index contributed by atoms with van der Waals surface area (Å²) < 4.78 is 1.49. The van der Waals surface area contributed by atoms with Crippen LogP contribution in [0.1, 0.15) is 11.6 Å². The molecule has 1 atom stereocenters. The van der Waals surface area contributed by atoms with Gasteiger partial charge >= 0.3 is 5.69 Å². The number of fused-ring (bicyclic) bond motifs is 1. The number of carbonyl (C=O) groups is 1. The number of nitrogens with zero attached hydrogens (tertiary/aromatic N) is 2. The number of aromatic amines is 1. The van der Waals surface area contributed by atoms with Gasteiger partial charge < -0.3 is 15.2 Å². The van der Waals surface area contributed by atoms with Gasteiger partial charge in [-0.05, 0) is 29.8 Å². The van der Waals surface area contributed by atoms with Crippen molar-refractivity contribution in [2.24, 2.45) is 0 Å². The van der Waals surface area contributed by atoms with Crippen molar-refractivity contribution in [3.63, 3.8) is 0 Å². The average Bonchev–Trinajstić information content (AvgIpc) is 2.97. The summed E-state index contributed by atoms with van der Waals surface area (Å²) in [4.78, 5) is 29.9. The fourth-order valence-electron chi connectivity index (χ4n) is 3.50. The smallest absolute Gasteiger partial charge is 0.326 e. The predicted molar refractivity (Wildman–Crippen MR) is 109 cm³/mol. The molecule has 27 heavy (non-hydrogen) atoms. The molecule has 2 heterocycles. The van der Waals surface area contributed by atoms with Crippen molar-refractivity contribution in [2.45, 2.75) is 12.6 Å². The maximum Gasteiger partial charge on any atom is 0.326 e. The van der Waals surface area contributed by atoms with Gasteiger partial charge in [0.25, 0.3) is 0 Å². The molecule has 0 bridgehead atoms. The lowest BCUT2D eigenvalue weighted by atomic mass is 10.0. The lowest BCUT2D eigenvalue weighted by molar-refractivity contribution is -0.135. The third kappa shape index (κ3) is 3.88. The second-order valence-electron chi connectivity index (χ2n) is 6.40. The molecule has 1 fully saturated rings. The first-order valence-electron chi connectivity index (χ1n) is 8.57. The third-order valence-corrected chi connectivity index (χ3v) is 5.01. The molecule has 1 unspecified atom stereocenters. The number of piperazine rings is 1. The van der Waals surface area contributed by atoms with Gasteiger partial charge in [0, 0.05) is 24.7 Å². The molecule has 2 N–H and O–H groups in total. The maximum atomic E-state index is 13.0. The standard InChI is InChI=1S/C19H19ClN4O2.ClH/c20-14-5-3-4-13(10-14)17-11-21-8-9-23(17)18(25)12-24-16-7-2-1-6-15(16)22-19(24)26;/h1-7,10,17,21H,8-9,11-12H2,(H,22,26);1H. The lowest BCUT2D eigenvalue weighted by Gasteiger charge is -2.36. The molecular weight excluding hydrogens is 387 g/mol. The highest BCUT2D eigenvalue weighted by atomic mass is 35.5. The van der Waals surface area contributed by atoms with Gasteiger partial charge in [-0.25, -0.2) is 4.79 Å². The number of hydrogen-bond donors (Lipinski definition) is 2. The van der Waals surface area contributed by atoms with Crippen molar-refractivity contribution < 1.29 is 4.79 Å². The fraction of sp³-hybridized carbons (Fsp3) is 0.263. The van der Waals surface area contributed by atoms with Crippen LogP contribution in [0.2, 0.25) is 5.02 Å². The molecule has 4 rings (SSSR count). The number of H-pyrrole nitrogens is 1.